The van der Waals surface area contributed by atoms with Gasteiger partial charge in [0.25, 0.3) is 0 Å². The molecule has 0 aliphatic carbocycles. The van der Waals surface area contributed by atoms with Gasteiger partial charge in [-0.2, -0.15) is 0 Å². The van der Waals surface area contributed by atoms with E-state index < -0.39 is 11.9 Å². The molecule has 98 valence electrons. The lowest BCUT2D eigenvalue weighted by atomic mass is 9.90. The smallest absolute Gasteiger partial charge is 0.323 e. The average Bonchev–Trinajstić information content (AvgIpc) is 2.39. The molecule has 1 unspecified atom stereocenters. The number of ether oxygens (including phenoxy) is 1. The molecule has 2 rings (SSSR count). The van der Waals surface area contributed by atoms with Gasteiger partial charge in [0, 0.05) is 11.8 Å². The van der Waals surface area contributed by atoms with Gasteiger partial charge in [-0.3, -0.25) is 14.6 Å². The van der Waals surface area contributed by atoms with Crippen LogP contribution in [0.4, 0.5) is 0 Å². The molecule has 1 aromatic rings. The maximum atomic E-state index is 12.0. The van der Waals surface area contributed by atoms with Crippen LogP contribution < -0.4 is 0 Å². The Morgan fingerprint density at radius 1 is 1.32 bits per heavy atom. The van der Waals surface area contributed by atoms with Crippen molar-refractivity contribution >= 4 is 17.5 Å². The molecule has 0 radical (unpaired) electrons. The molecule has 4 heteroatoms. The Balaban J connectivity index is 2.43. The SMILES string of the molecule is CCOC(=O)C1C(=O)C=C(C)N=C1c1ccccc1. The van der Waals surface area contributed by atoms with Crippen molar-refractivity contribution in [3.63, 3.8) is 0 Å². The second-order valence-electron chi connectivity index (χ2n) is 4.24. The van der Waals surface area contributed by atoms with Crippen LogP contribution in [0.3, 0.4) is 0 Å². The van der Waals surface area contributed by atoms with E-state index in [2.05, 4.69) is 4.99 Å². The number of benzene rings is 1. The maximum Gasteiger partial charge on any atom is 0.323 e. The highest BCUT2D eigenvalue weighted by atomic mass is 16.5. The summed E-state index contributed by atoms with van der Waals surface area (Å²) in [5.41, 5.74) is 1.83. The van der Waals surface area contributed by atoms with Gasteiger partial charge in [0.2, 0.25) is 0 Å². The summed E-state index contributed by atoms with van der Waals surface area (Å²) in [6.07, 6.45) is 1.38. The molecule has 0 N–H and O–H groups in total. The summed E-state index contributed by atoms with van der Waals surface area (Å²) < 4.78 is 4.97. The zero-order valence-corrected chi connectivity index (χ0v) is 10.9. The third-order valence-electron chi connectivity index (χ3n) is 2.80. The van der Waals surface area contributed by atoms with E-state index in [0.29, 0.717) is 11.4 Å². The lowest BCUT2D eigenvalue weighted by Crippen LogP contribution is -2.35. The van der Waals surface area contributed by atoms with Crippen LogP contribution in [0.5, 0.6) is 0 Å². The molecule has 0 fully saturated rings. The van der Waals surface area contributed by atoms with Crippen molar-refractivity contribution in [1.29, 1.82) is 0 Å². The topological polar surface area (TPSA) is 55.7 Å². The molecule has 0 saturated heterocycles. The highest BCUT2D eigenvalue weighted by molar-refractivity contribution is 6.28. The van der Waals surface area contributed by atoms with Crippen molar-refractivity contribution in [2.24, 2.45) is 10.9 Å². The Bertz CT molecular complexity index is 558. The largest absolute Gasteiger partial charge is 0.465 e. The first kappa shape index (κ1) is 13.2. The Labute approximate surface area is 111 Å². The normalized spacial score (nSPS) is 18.6. The highest BCUT2D eigenvalue weighted by Gasteiger charge is 2.35. The van der Waals surface area contributed by atoms with Crippen LogP contribution >= 0.6 is 0 Å². The van der Waals surface area contributed by atoms with E-state index in [-0.39, 0.29) is 12.4 Å². The summed E-state index contributed by atoms with van der Waals surface area (Å²) in [4.78, 5) is 28.3. The predicted molar refractivity (Wildman–Crippen MR) is 71.9 cm³/mol. The zero-order valence-electron chi connectivity index (χ0n) is 10.9. The third kappa shape index (κ3) is 2.78. The number of allylic oxidation sites excluding steroid dienone is 2. The molecule has 0 aromatic heterocycles. The number of carbonyl (C=O) groups is 2. The second kappa shape index (κ2) is 5.61. The molecular formula is C15H15NO3. The van der Waals surface area contributed by atoms with E-state index in [1.807, 2.05) is 30.3 Å². The number of esters is 1. The molecule has 1 aliphatic heterocycles. The van der Waals surface area contributed by atoms with Gasteiger partial charge >= 0.3 is 5.97 Å². The first-order chi connectivity index (χ1) is 9.13. The predicted octanol–water partition coefficient (Wildman–Crippen LogP) is 2.14. The number of nitrogens with zero attached hydrogens (tertiary/aromatic N) is 1. The molecule has 0 spiro atoms. The van der Waals surface area contributed by atoms with Crippen molar-refractivity contribution in [2.75, 3.05) is 6.61 Å². The van der Waals surface area contributed by atoms with Crippen LogP contribution in [0.2, 0.25) is 0 Å². The molecule has 0 saturated carbocycles. The van der Waals surface area contributed by atoms with Crippen LogP contribution in [-0.4, -0.2) is 24.1 Å². The summed E-state index contributed by atoms with van der Waals surface area (Å²) in [6, 6.07) is 9.22. The van der Waals surface area contributed by atoms with Gasteiger partial charge in [-0.15, -0.1) is 0 Å². The molecule has 0 amide bonds. The van der Waals surface area contributed by atoms with E-state index >= 15 is 0 Å². The van der Waals surface area contributed by atoms with Crippen LogP contribution in [0.15, 0.2) is 47.1 Å². The fourth-order valence-electron chi connectivity index (χ4n) is 2.00. The van der Waals surface area contributed by atoms with Gasteiger partial charge in [0.1, 0.15) is 0 Å². The maximum absolute atomic E-state index is 12.0. The Kier molecular flexibility index (Phi) is 3.90. The van der Waals surface area contributed by atoms with E-state index in [1.165, 1.54) is 6.08 Å². The number of aliphatic imine (C=N–C) groups is 1. The first-order valence-corrected chi connectivity index (χ1v) is 6.16. The molecule has 1 aromatic carbocycles. The highest BCUT2D eigenvalue weighted by Crippen LogP contribution is 2.20. The zero-order chi connectivity index (χ0) is 13.8. The first-order valence-electron chi connectivity index (χ1n) is 6.16. The minimum Gasteiger partial charge on any atom is -0.465 e. The molecule has 4 nitrogen and oxygen atoms in total. The summed E-state index contributed by atoms with van der Waals surface area (Å²) >= 11 is 0. The number of hydrogen-bond donors (Lipinski definition) is 0. The summed E-state index contributed by atoms with van der Waals surface area (Å²) in [6.45, 7) is 3.70. The summed E-state index contributed by atoms with van der Waals surface area (Å²) in [5.74, 6) is -1.77. The fourth-order valence-corrected chi connectivity index (χ4v) is 2.00. The summed E-state index contributed by atoms with van der Waals surface area (Å²) in [5, 5.41) is 0. The molecule has 0 bridgehead atoms. The van der Waals surface area contributed by atoms with Crippen molar-refractivity contribution in [2.45, 2.75) is 13.8 Å². The molecule has 1 atom stereocenters. The Morgan fingerprint density at radius 2 is 2.00 bits per heavy atom. The van der Waals surface area contributed by atoms with Crippen molar-refractivity contribution in [3.05, 3.63) is 47.7 Å². The van der Waals surface area contributed by atoms with E-state index in [1.54, 1.807) is 13.8 Å². The number of ketones is 1. The molecule has 19 heavy (non-hydrogen) atoms. The Morgan fingerprint density at radius 3 is 2.63 bits per heavy atom. The molecule has 1 heterocycles. The van der Waals surface area contributed by atoms with Gasteiger partial charge in [-0.1, -0.05) is 30.3 Å². The standard InChI is InChI=1S/C15H15NO3/c1-3-19-15(18)13-12(17)9-10(2)16-14(13)11-7-5-4-6-8-11/h4-9,13H,3H2,1-2H3. The van der Waals surface area contributed by atoms with Crippen LogP contribution in [0, 0.1) is 5.92 Å². The minimum absolute atomic E-state index is 0.243. The van der Waals surface area contributed by atoms with Gasteiger partial charge in [0.15, 0.2) is 11.7 Å². The monoisotopic (exact) mass is 257 g/mol. The van der Waals surface area contributed by atoms with Crippen molar-refractivity contribution < 1.29 is 14.3 Å². The van der Waals surface area contributed by atoms with Crippen LogP contribution in [-0.2, 0) is 14.3 Å². The van der Waals surface area contributed by atoms with Crippen LogP contribution in [0.25, 0.3) is 0 Å². The number of rotatable bonds is 3. The van der Waals surface area contributed by atoms with Crippen LogP contribution in [0.1, 0.15) is 19.4 Å². The minimum atomic E-state index is -0.953. The lowest BCUT2D eigenvalue weighted by molar-refractivity contribution is -0.147. The van der Waals surface area contributed by atoms with E-state index in [0.717, 1.165) is 5.56 Å². The molecular weight excluding hydrogens is 242 g/mol. The molecule has 1 aliphatic rings. The second-order valence-corrected chi connectivity index (χ2v) is 4.24. The Hall–Kier alpha value is -2.23. The quantitative estimate of drug-likeness (QED) is 0.615. The van der Waals surface area contributed by atoms with Gasteiger partial charge in [0.05, 0.1) is 12.3 Å². The van der Waals surface area contributed by atoms with E-state index in [9.17, 15) is 9.59 Å². The van der Waals surface area contributed by atoms with Gasteiger partial charge < -0.3 is 4.74 Å². The van der Waals surface area contributed by atoms with Gasteiger partial charge in [-0.05, 0) is 19.4 Å². The van der Waals surface area contributed by atoms with Crippen molar-refractivity contribution in [1.82, 2.24) is 0 Å². The fraction of sp³-hybridized carbons (Fsp3) is 0.267. The lowest BCUT2D eigenvalue weighted by Gasteiger charge is -2.19. The number of carbonyl (C=O) groups excluding carboxylic acids is 2. The summed E-state index contributed by atoms with van der Waals surface area (Å²) in [7, 11) is 0. The average molecular weight is 257 g/mol. The third-order valence-corrected chi connectivity index (χ3v) is 2.80. The van der Waals surface area contributed by atoms with Crippen molar-refractivity contribution in [3.8, 4) is 0 Å². The number of hydrogen-bond acceptors (Lipinski definition) is 4. The van der Waals surface area contributed by atoms with E-state index in [4.69, 9.17) is 4.74 Å². The van der Waals surface area contributed by atoms with Gasteiger partial charge in [-0.25, -0.2) is 0 Å².